The van der Waals surface area contributed by atoms with Gasteiger partial charge in [-0.05, 0) is 77.4 Å². The Morgan fingerprint density at radius 2 is 1.30 bits per heavy atom. The van der Waals surface area contributed by atoms with E-state index in [0.717, 1.165) is 43.4 Å². The van der Waals surface area contributed by atoms with Crippen LogP contribution in [0.4, 0.5) is 13.2 Å². The van der Waals surface area contributed by atoms with Gasteiger partial charge in [-0.25, -0.2) is 0 Å². The Morgan fingerprint density at radius 1 is 0.698 bits per heavy atom. The van der Waals surface area contributed by atoms with Gasteiger partial charge in [-0.3, -0.25) is 0 Å². The van der Waals surface area contributed by atoms with Gasteiger partial charge in [0.1, 0.15) is 0 Å². The second-order valence-corrected chi connectivity index (χ2v) is 13.4. The van der Waals surface area contributed by atoms with Gasteiger partial charge in [-0.15, -0.1) is 0 Å². The molecule has 0 aliphatic carbocycles. The molecule has 0 radical (unpaired) electrons. The molecule has 214 valence electrons. The molecule has 0 amide bonds. The lowest BCUT2D eigenvalue weighted by atomic mass is 9.89. The highest BCUT2D eigenvalue weighted by Crippen LogP contribution is 2.40. The average molecular weight is 615 g/mol. The molecule has 0 aliphatic rings. The van der Waals surface area contributed by atoms with Crippen LogP contribution in [0, 0.1) is 11.3 Å². The molecule has 0 aromatic heterocycles. The van der Waals surface area contributed by atoms with Gasteiger partial charge in [0.05, 0.1) is 11.6 Å². The first-order valence-electron chi connectivity index (χ1n) is 13.2. The topological polar surface area (TPSA) is 67.2 Å². The van der Waals surface area contributed by atoms with Crippen molar-refractivity contribution in [1.82, 2.24) is 0 Å². The van der Waals surface area contributed by atoms with Crippen LogP contribution in [0.3, 0.4) is 0 Å². The second-order valence-electron chi connectivity index (χ2n) is 10.1. The van der Waals surface area contributed by atoms with Crippen molar-refractivity contribution in [1.29, 1.82) is 5.26 Å². The molecule has 43 heavy (non-hydrogen) atoms. The number of rotatable bonds is 7. The summed E-state index contributed by atoms with van der Waals surface area (Å²) < 4.78 is 69.6. The highest BCUT2D eigenvalue weighted by molar-refractivity contribution is 8.02. The standard InChI is InChI=1S/C34H23F3NO3S2/c35-34(36,37)43(39,40)41-42(21-24-15-13-23(20-38)14-16-24)22-28-10-4-6-12-31(28)33-30-11-5-3-9-27(30)18-29-17-25-7-1-2-8-26(25)19-32(29)33/h1-19H,21-22H2/q+1. The molecule has 0 saturated heterocycles. The Balaban J connectivity index is 1.51. The summed E-state index contributed by atoms with van der Waals surface area (Å²) in [5.41, 5.74) is -2.27. The minimum Gasteiger partial charge on any atom is -0.192 e. The van der Waals surface area contributed by atoms with Crippen LogP contribution in [0.15, 0.2) is 115 Å². The van der Waals surface area contributed by atoms with Crippen LogP contribution in [0.25, 0.3) is 43.4 Å². The van der Waals surface area contributed by atoms with Crippen LogP contribution >= 0.6 is 0 Å². The monoisotopic (exact) mass is 614 g/mol. The first kappa shape index (κ1) is 28.7. The van der Waals surface area contributed by atoms with Gasteiger partial charge >= 0.3 is 15.6 Å². The zero-order chi connectivity index (χ0) is 30.2. The van der Waals surface area contributed by atoms with E-state index in [-0.39, 0.29) is 11.5 Å². The summed E-state index contributed by atoms with van der Waals surface area (Å²) in [6.07, 6.45) is 0. The lowest BCUT2D eigenvalue weighted by molar-refractivity contribution is -0.0495. The molecule has 0 aliphatic heterocycles. The Morgan fingerprint density at radius 3 is 2.00 bits per heavy atom. The van der Waals surface area contributed by atoms with Gasteiger partial charge in [0.15, 0.2) is 22.7 Å². The lowest BCUT2D eigenvalue weighted by Gasteiger charge is -2.16. The van der Waals surface area contributed by atoms with Crippen molar-refractivity contribution in [3.63, 3.8) is 0 Å². The Hall–Kier alpha value is -4.36. The van der Waals surface area contributed by atoms with Crippen LogP contribution in [0.2, 0.25) is 0 Å². The molecule has 6 aromatic rings. The van der Waals surface area contributed by atoms with Crippen LogP contribution in [-0.4, -0.2) is 13.9 Å². The molecule has 1 atom stereocenters. The third-order valence-electron chi connectivity index (χ3n) is 7.21. The normalized spacial score (nSPS) is 12.9. The van der Waals surface area contributed by atoms with E-state index in [2.05, 4.69) is 18.2 Å². The van der Waals surface area contributed by atoms with E-state index in [0.29, 0.717) is 16.7 Å². The van der Waals surface area contributed by atoms with Crippen molar-refractivity contribution in [2.24, 2.45) is 0 Å². The van der Waals surface area contributed by atoms with Gasteiger partial charge in [0, 0.05) is 11.1 Å². The largest absolute Gasteiger partial charge is 0.527 e. The molecular formula is C34H23F3NO3S2+. The van der Waals surface area contributed by atoms with Crippen LogP contribution in [0.5, 0.6) is 0 Å². The third-order valence-corrected chi connectivity index (χ3v) is 10.6. The first-order chi connectivity index (χ1) is 20.6. The molecule has 0 fully saturated rings. The van der Waals surface area contributed by atoms with Gasteiger partial charge in [-0.2, -0.15) is 26.9 Å². The highest BCUT2D eigenvalue weighted by Gasteiger charge is 2.52. The molecule has 6 aromatic carbocycles. The summed E-state index contributed by atoms with van der Waals surface area (Å²) in [7, 11) is -5.86. The fourth-order valence-corrected chi connectivity index (χ4v) is 8.21. The molecule has 4 nitrogen and oxygen atoms in total. The van der Waals surface area contributed by atoms with E-state index >= 15 is 0 Å². The maximum Gasteiger partial charge on any atom is 0.527 e. The molecule has 0 spiro atoms. The zero-order valence-electron chi connectivity index (χ0n) is 22.5. The molecule has 6 rings (SSSR count). The quantitative estimate of drug-likeness (QED) is 0.102. The van der Waals surface area contributed by atoms with Crippen molar-refractivity contribution in [3.8, 4) is 17.2 Å². The minimum atomic E-state index is -5.86. The minimum absolute atomic E-state index is 0.0796. The Labute approximate surface area is 249 Å². The third kappa shape index (κ3) is 5.82. The average Bonchev–Trinajstić information content (AvgIpc) is 2.99. The van der Waals surface area contributed by atoms with Crippen molar-refractivity contribution >= 4 is 53.6 Å². The SMILES string of the molecule is N#Cc1ccc(C[S+](Cc2ccccc2-c2c3ccccc3cc3cc4ccccc4cc23)OS(=O)(=O)C(F)(F)F)cc1. The fraction of sp³-hybridized carbons (Fsp3) is 0.0882. The molecule has 0 heterocycles. The summed E-state index contributed by atoms with van der Waals surface area (Å²) in [4.78, 5) is 0. The number of benzene rings is 6. The second kappa shape index (κ2) is 11.4. The van der Waals surface area contributed by atoms with Gasteiger partial charge in [-0.1, -0.05) is 84.9 Å². The summed E-state index contributed by atoms with van der Waals surface area (Å²) in [6, 6.07) is 37.9. The van der Waals surface area contributed by atoms with Crippen molar-refractivity contribution < 1.29 is 25.2 Å². The first-order valence-corrected chi connectivity index (χ1v) is 16.1. The Kier molecular flexibility index (Phi) is 7.61. The zero-order valence-corrected chi connectivity index (χ0v) is 24.1. The highest BCUT2D eigenvalue weighted by atomic mass is 32.3. The van der Waals surface area contributed by atoms with E-state index in [1.54, 1.807) is 24.3 Å². The maximum atomic E-state index is 13.4. The van der Waals surface area contributed by atoms with Crippen LogP contribution in [-0.2, 0) is 36.4 Å². The molecule has 0 saturated carbocycles. The van der Waals surface area contributed by atoms with E-state index in [4.69, 9.17) is 8.89 Å². The van der Waals surface area contributed by atoms with E-state index in [1.807, 2.05) is 66.7 Å². The number of halogens is 3. The van der Waals surface area contributed by atoms with Gasteiger partial charge < -0.3 is 0 Å². The number of hydrogen-bond donors (Lipinski definition) is 0. The summed E-state index contributed by atoms with van der Waals surface area (Å²) in [5.74, 6) is -0.167. The fourth-order valence-electron chi connectivity index (χ4n) is 5.24. The van der Waals surface area contributed by atoms with E-state index < -0.39 is 26.8 Å². The van der Waals surface area contributed by atoms with Crippen molar-refractivity contribution in [3.05, 3.63) is 132 Å². The molecule has 0 bridgehead atoms. The van der Waals surface area contributed by atoms with Gasteiger partial charge in [0.2, 0.25) is 0 Å². The maximum absolute atomic E-state index is 13.4. The molecular weight excluding hydrogens is 592 g/mol. The number of alkyl halides is 3. The Bertz CT molecular complexity index is 2130. The van der Waals surface area contributed by atoms with Gasteiger partial charge in [0.25, 0.3) is 0 Å². The smallest absolute Gasteiger partial charge is 0.192 e. The number of nitrogens with zero attached hydrogens (tertiary/aromatic N) is 1. The van der Waals surface area contributed by atoms with Crippen LogP contribution in [0.1, 0.15) is 16.7 Å². The predicted molar refractivity (Wildman–Crippen MR) is 166 cm³/mol. The van der Waals surface area contributed by atoms with E-state index in [9.17, 15) is 21.6 Å². The number of fused-ring (bicyclic) bond motifs is 3. The molecule has 0 N–H and O–H groups in total. The van der Waals surface area contributed by atoms with E-state index in [1.165, 1.54) is 12.1 Å². The number of nitriles is 1. The molecule has 9 heteroatoms. The molecule has 1 unspecified atom stereocenters. The van der Waals surface area contributed by atoms with Crippen LogP contribution < -0.4 is 0 Å². The lowest BCUT2D eigenvalue weighted by Crippen LogP contribution is -2.29. The predicted octanol–water partition coefficient (Wildman–Crippen LogP) is 8.78. The summed E-state index contributed by atoms with van der Waals surface area (Å²) in [5, 5.41) is 15.2. The summed E-state index contributed by atoms with van der Waals surface area (Å²) >= 11 is -1.72. The number of hydrogen-bond acceptors (Lipinski definition) is 4. The summed E-state index contributed by atoms with van der Waals surface area (Å²) in [6.45, 7) is 0. The van der Waals surface area contributed by atoms with Crippen molar-refractivity contribution in [2.45, 2.75) is 17.0 Å². The van der Waals surface area contributed by atoms with Crippen molar-refractivity contribution in [2.75, 3.05) is 0 Å².